The van der Waals surface area contributed by atoms with Crippen LogP contribution in [0.15, 0.2) is 54.7 Å². The van der Waals surface area contributed by atoms with Crippen molar-refractivity contribution in [3.63, 3.8) is 0 Å². The van der Waals surface area contributed by atoms with Crippen LogP contribution in [0, 0.1) is 35.5 Å². The molecule has 63 heavy (non-hydrogen) atoms. The zero-order chi connectivity index (χ0) is 45.3. The molecule has 1 aliphatic carbocycles. The van der Waals surface area contributed by atoms with Crippen LogP contribution in [0.5, 0.6) is 5.75 Å². The fourth-order valence-electron chi connectivity index (χ4n) is 9.63. The average molecular weight is 859 g/mol. The summed E-state index contributed by atoms with van der Waals surface area (Å²) in [6.07, 6.45) is 9.81. The fraction of sp³-hybridized carbons (Fsp3) is 0.500. The van der Waals surface area contributed by atoms with Gasteiger partial charge in [-0.05, 0) is 111 Å². The van der Waals surface area contributed by atoms with Gasteiger partial charge in [0.15, 0.2) is 0 Å². The van der Waals surface area contributed by atoms with Gasteiger partial charge in [-0.3, -0.25) is 29.2 Å². The number of pyridine rings is 1. The maximum Gasteiger partial charge on any atom is 0.324 e. The Hall–Kier alpha value is -5.71. The Kier molecular flexibility index (Phi) is 13.4. The summed E-state index contributed by atoms with van der Waals surface area (Å²) in [6.45, 7) is 13.1. The summed E-state index contributed by atoms with van der Waals surface area (Å²) in [7, 11) is 3.30. The Bertz CT molecular complexity index is 2430. The number of carbonyl (C=O) groups is 4. The number of hydrazine groups is 1. The first kappa shape index (κ1) is 45.3. The van der Waals surface area contributed by atoms with Gasteiger partial charge in [-0.25, -0.2) is 5.43 Å². The number of phenolic OH excluding ortho intramolecular Hbond substituents is 1. The summed E-state index contributed by atoms with van der Waals surface area (Å²) in [6, 6.07) is 12.7. The second-order valence-corrected chi connectivity index (χ2v) is 18.7. The number of aromatic hydroxyl groups is 1. The highest BCUT2D eigenvalue weighted by Gasteiger charge is 2.41. The molecule has 13 nitrogen and oxygen atoms in total. The Morgan fingerprint density at radius 3 is 2.59 bits per heavy atom. The third kappa shape index (κ3) is 9.34. The van der Waals surface area contributed by atoms with E-state index in [0.29, 0.717) is 50.8 Å². The summed E-state index contributed by atoms with van der Waals surface area (Å²) in [5, 5.41) is 16.7. The number of esters is 1. The lowest BCUT2D eigenvalue weighted by Crippen LogP contribution is -2.62. The number of cyclic esters (lactones) is 1. The van der Waals surface area contributed by atoms with Crippen molar-refractivity contribution < 1.29 is 33.8 Å². The third-order valence-corrected chi connectivity index (χ3v) is 13.1. The number of amides is 3. The number of ether oxygens (including phenoxy) is 2. The Morgan fingerprint density at radius 1 is 1.13 bits per heavy atom. The molecular formula is C50H62N6O7. The van der Waals surface area contributed by atoms with E-state index in [9.17, 15) is 24.3 Å². The number of aromatic nitrogens is 2. The molecule has 4 atom stereocenters. The first-order chi connectivity index (χ1) is 30.0. The number of terminal acetylenes is 1. The van der Waals surface area contributed by atoms with Gasteiger partial charge in [-0.15, -0.1) is 12.3 Å². The average Bonchev–Trinajstić information content (AvgIpc) is 3.55. The molecule has 0 unspecified atom stereocenters. The van der Waals surface area contributed by atoms with Crippen molar-refractivity contribution in [3.8, 4) is 40.5 Å². The maximum absolute atomic E-state index is 14.6. The van der Waals surface area contributed by atoms with E-state index in [1.165, 1.54) is 9.91 Å². The lowest BCUT2D eigenvalue weighted by atomic mass is 9.74. The van der Waals surface area contributed by atoms with Gasteiger partial charge in [0, 0.05) is 73.6 Å². The largest absolute Gasteiger partial charge is 0.508 e. The van der Waals surface area contributed by atoms with Crippen LogP contribution in [0.25, 0.3) is 33.3 Å². The summed E-state index contributed by atoms with van der Waals surface area (Å²) >= 11 is 0. The van der Waals surface area contributed by atoms with E-state index >= 15 is 0 Å². The van der Waals surface area contributed by atoms with E-state index in [0.717, 1.165) is 44.5 Å². The molecule has 7 rings (SSSR count). The van der Waals surface area contributed by atoms with Crippen LogP contribution in [-0.2, 0) is 48.0 Å². The van der Waals surface area contributed by atoms with Gasteiger partial charge < -0.3 is 29.4 Å². The van der Waals surface area contributed by atoms with Crippen LogP contribution in [0.3, 0.4) is 0 Å². The SMILES string of the molecule is C#CC1CC(C(=O)N(C)[C@H](C(=O)N[C@H]2Cc3cc(O)cc(c3)-c3ccc4c(c3)c(c(-c3cccnc3[C@H](C)OC)n4CC)CC(C)(C)COC(=O)[C@@H]3CCCN(N3)C2=O)C(C)C)C1. The quantitative estimate of drug-likeness (QED) is 0.125. The predicted octanol–water partition coefficient (Wildman–Crippen LogP) is 6.59. The summed E-state index contributed by atoms with van der Waals surface area (Å²) in [5.41, 5.74) is 9.66. The number of carbonyl (C=O) groups excluding carboxylic acids is 4. The number of fused-ring (bicyclic) bond motifs is 6. The van der Waals surface area contributed by atoms with Crippen LogP contribution in [0.4, 0.5) is 0 Å². The maximum atomic E-state index is 14.6. The normalized spacial score (nSPS) is 22.3. The van der Waals surface area contributed by atoms with E-state index in [1.54, 1.807) is 32.5 Å². The van der Waals surface area contributed by atoms with Crippen molar-refractivity contribution >= 4 is 34.6 Å². The molecule has 0 spiro atoms. The van der Waals surface area contributed by atoms with Gasteiger partial charge in [0.1, 0.15) is 23.9 Å². The molecule has 2 fully saturated rings. The second-order valence-electron chi connectivity index (χ2n) is 18.7. The molecule has 0 radical (unpaired) electrons. The van der Waals surface area contributed by atoms with Crippen molar-refractivity contribution in [1.82, 2.24) is 30.2 Å². The number of likely N-dealkylation sites (N-methyl/N-ethyl adjacent to an activating group) is 1. The van der Waals surface area contributed by atoms with Crippen LogP contribution < -0.4 is 10.7 Å². The molecule has 2 aromatic carbocycles. The highest BCUT2D eigenvalue weighted by molar-refractivity contribution is 5.96. The van der Waals surface area contributed by atoms with Crippen molar-refractivity contribution in [1.29, 1.82) is 0 Å². The van der Waals surface area contributed by atoms with Gasteiger partial charge in [-0.1, -0.05) is 39.8 Å². The van der Waals surface area contributed by atoms with Crippen molar-refractivity contribution in [3.05, 3.63) is 71.5 Å². The van der Waals surface area contributed by atoms with Crippen molar-refractivity contribution in [2.45, 2.75) is 111 Å². The highest BCUT2D eigenvalue weighted by atomic mass is 16.5. The minimum absolute atomic E-state index is 0.00585. The zero-order valence-electron chi connectivity index (χ0n) is 37.9. The Labute approximate surface area is 370 Å². The molecule has 4 aromatic rings. The van der Waals surface area contributed by atoms with E-state index in [-0.39, 0.29) is 48.5 Å². The number of nitrogens with zero attached hydrogens (tertiary/aromatic N) is 4. The summed E-state index contributed by atoms with van der Waals surface area (Å²) in [4.78, 5) is 62.7. The lowest BCUT2D eigenvalue weighted by molar-refractivity contribution is -0.155. The minimum atomic E-state index is -1.12. The highest BCUT2D eigenvalue weighted by Crippen LogP contribution is 2.42. The fourth-order valence-corrected chi connectivity index (χ4v) is 9.63. The second kappa shape index (κ2) is 18.6. The first-order valence-electron chi connectivity index (χ1n) is 22.3. The molecule has 4 heterocycles. The smallest absolute Gasteiger partial charge is 0.324 e. The number of methoxy groups -OCH3 is 1. The summed E-state index contributed by atoms with van der Waals surface area (Å²) in [5.74, 6) is 0.675. The number of rotatable bonds is 9. The molecule has 1 saturated carbocycles. The number of aryl methyl sites for hydroxylation is 1. The van der Waals surface area contributed by atoms with Gasteiger partial charge in [0.25, 0.3) is 5.91 Å². The number of hydrogen-bond acceptors (Lipinski definition) is 9. The Morgan fingerprint density at radius 2 is 1.89 bits per heavy atom. The number of phenols is 1. The van der Waals surface area contributed by atoms with E-state index < -0.39 is 41.3 Å². The molecule has 2 aromatic heterocycles. The molecular weight excluding hydrogens is 797 g/mol. The topological polar surface area (TPSA) is 155 Å². The molecule has 3 amide bonds. The van der Waals surface area contributed by atoms with Gasteiger partial charge in [0.05, 0.1) is 24.1 Å². The number of nitrogens with one attached hydrogen (secondary N) is 2. The third-order valence-electron chi connectivity index (χ3n) is 13.1. The van der Waals surface area contributed by atoms with Crippen LogP contribution in [0.2, 0.25) is 0 Å². The molecule has 6 bridgehead atoms. The Balaban J connectivity index is 1.33. The lowest BCUT2D eigenvalue weighted by Gasteiger charge is -2.39. The van der Waals surface area contributed by atoms with Crippen LogP contribution in [0.1, 0.15) is 90.2 Å². The first-order valence-corrected chi connectivity index (χ1v) is 22.3. The van der Waals surface area contributed by atoms with Crippen LogP contribution >= 0.6 is 0 Å². The molecule has 13 heteroatoms. The molecule has 334 valence electrons. The number of benzene rings is 2. The van der Waals surface area contributed by atoms with Gasteiger partial charge >= 0.3 is 5.97 Å². The van der Waals surface area contributed by atoms with E-state index in [1.807, 2.05) is 39.0 Å². The number of hydrogen-bond donors (Lipinski definition) is 3. The standard InChI is InChI=1S/C50H62N6O7/c1-10-31-20-35(21-31)47(59)54(8)44(29(3)4)46(58)52-41-24-32-22-34(25-36(57)23-32)33-16-17-42-38(26-33)39(45(55(42)11-2)37-14-12-18-51-43(37)30(5)62-9)27-50(6,7)28-63-49(61)40-15-13-19-56(53-40)48(41)60/h1,12,14,16-18,22-23,25-26,29-31,35,40-41,44,53,57H,11,13,15,19-21,24,27-28H2,2-9H3,(H,52,58)/t30-,31?,35?,40-,41-,44-/m0/s1. The minimum Gasteiger partial charge on any atom is -0.508 e. The van der Waals surface area contributed by atoms with Gasteiger partial charge in [0.2, 0.25) is 11.8 Å². The molecule has 1 saturated heterocycles. The molecule has 3 N–H and O–H groups in total. The van der Waals surface area contributed by atoms with Crippen molar-refractivity contribution in [2.75, 3.05) is 27.3 Å². The summed E-state index contributed by atoms with van der Waals surface area (Å²) < 4.78 is 14.2. The predicted molar refractivity (Wildman–Crippen MR) is 242 cm³/mol. The monoisotopic (exact) mass is 858 g/mol. The van der Waals surface area contributed by atoms with Crippen LogP contribution in [-0.4, -0.2) is 93.7 Å². The zero-order valence-corrected chi connectivity index (χ0v) is 37.9. The molecule has 2 aliphatic heterocycles. The van der Waals surface area contributed by atoms with E-state index in [2.05, 4.69) is 60.2 Å². The van der Waals surface area contributed by atoms with Crippen molar-refractivity contribution in [2.24, 2.45) is 23.2 Å². The molecule has 3 aliphatic rings. The van der Waals surface area contributed by atoms with E-state index in [4.69, 9.17) is 20.9 Å². The van der Waals surface area contributed by atoms with Gasteiger partial charge in [-0.2, -0.15) is 0 Å².